The highest BCUT2D eigenvalue weighted by Crippen LogP contribution is 2.16. The van der Waals surface area contributed by atoms with Crippen LogP contribution in [0.5, 0.6) is 0 Å². The molecular formula is C14H14BrN3S. The monoisotopic (exact) mass is 335 g/mol. The standard InChI is InChI=1S/C14H14BrN3S/c1-10(11-4-3-7-16-9-11)17-14(19)18-13-6-2-5-12(15)8-13/h2-10H,1H3,(H2,17,18,19)/t10-/m1/s1. The molecule has 98 valence electrons. The van der Waals surface area contributed by atoms with Gasteiger partial charge in [0.2, 0.25) is 0 Å². The molecule has 0 aliphatic rings. The van der Waals surface area contributed by atoms with Crippen molar-refractivity contribution in [1.29, 1.82) is 0 Å². The quantitative estimate of drug-likeness (QED) is 0.834. The third kappa shape index (κ3) is 4.29. The predicted octanol–water partition coefficient (Wildman–Crippen LogP) is 3.89. The Labute approximate surface area is 126 Å². The minimum absolute atomic E-state index is 0.112. The number of rotatable bonds is 3. The summed E-state index contributed by atoms with van der Waals surface area (Å²) in [5.41, 5.74) is 2.05. The van der Waals surface area contributed by atoms with Gasteiger partial charge in [0.25, 0.3) is 0 Å². The Kier molecular flexibility index (Phi) is 4.87. The topological polar surface area (TPSA) is 37.0 Å². The van der Waals surface area contributed by atoms with Crippen LogP contribution in [0.15, 0.2) is 53.3 Å². The Morgan fingerprint density at radius 3 is 2.84 bits per heavy atom. The van der Waals surface area contributed by atoms with Crippen LogP contribution < -0.4 is 10.6 Å². The van der Waals surface area contributed by atoms with Gasteiger partial charge in [-0.2, -0.15) is 0 Å². The van der Waals surface area contributed by atoms with E-state index in [4.69, 9.17) is 12.2 Å². The van der Waals surface area contributed by atoms with Crippen LogP contribution in [-0.2, 0) is 0 Å². The molecule has 0 aliphatic heterocycles. The zero-order chi connectivity index (χ0) is 13.7. The number of hydrogen-bond donors (Lipinski definition) is 2. The molecule has 0 saturated heterocycles. The highest BCUT2D eigenvalue weighted by molar-refractivity contribution is 9.10. The molecule has 2 aromatic rings. The lowest BCUT2D eigenvalue weighted by molar-refractivity contribution is 0.718. The molecule has 2 N–H and O–H groups in total. The number of pyridine rings is 1. The van der Waals surface area contributed by atoms with E-state index in [1.807, 2.05) is 49.5 Å². The van der Waals surface area contributed by atoms with Crippen molar-refractivity contribution < 1.29 is 0 Å². The van der Waals surface area contributed by atoms with Crippen molar-refractivity contribution in [2.45, 2.75) is 13.0 Å². The number of nitrogens with zero attached hydrogens (tertiary/aromatic N) is 1. The highest BCUT2D eigenvalue weighted by atomic mass is 79.9. The molecule has 19 heavy (non-hydrogen) atoms. The molecule has 0 radical (unpaired) electrons. The zero-order valence-corrected chi connectivity index (χ0v) is 12.8. The number of anilines is 1. The van der Waals surface area contributed by atoms with Gasteiger partial charge in [0.15, 0.2) is 5.11 Å². The lowest BCUT2D eigenvalue weighted by Gasteiger charge is -2.17. The molecule has 0 spiro atoms. The Bertz CT molecular complexity index is 560. The summed E-state index contributed by atoms with van der Waals surface area (Å²) in [6.45, 7) is 2.05. The second-order valence-corrected chi connectivity index (χ2v) is 5.44. The van der Waals surface area contributed by atoms with Gasteiger partial charge in [0, 0.05) is 22.6 Å². The van der Waals surface area contributed by atoms with Crippen LogP contribution in [0.3, 0.4) is 0 Å². The minimum Gasteiger partial charge on any atom is -0.356 e. The average molecular weight is 336 g/mol. The zero-order valence-electron chi connectivity index (χ0n) is 10.4. The summed E-state index contributed by atoms with van der Waals surface area (Å²) < 4.78 is 1.01. The van der Waals surface area contributed by atoms with Crippen LogP contribution in [-0.4, -0.2) is 10.1 Å². The van der Waals surface area contributed by atoms with Gasteiger partial charge < -0.3 is 10.6 Å². The molecule has 5 heteroatoms. The smallest absolute Gasteiger partial charge is 0.171 e. The fourth-order valence-corrected chi connectivity index (χ4v) is 2.34. The van der Waals surface area contributed by atoms with Gasteiger partial charge in [-0.3, -0.25) is 4.98 Å². The van der Waals surface area contributed by atoms with Crippen LogP contribution in [0, 0.1) is 0 Å². The van der Waals surface area contributed by atoms with E-state index in [1.54, 1.807) is 6.20 Å². The van der Waals surface area contributed by atoms with E-state index in [-0.39, 0.29) is 6.04 Å². The van der Waals surface area contributed by atoms with Crippen molar-refractivity contribution in [3.05, 3.63) is 58.8 Å². The number of hydrogen-bond acceptors (Lipinski definition) is 2. The number of halogens is 1. The summed E-state index contributed by atoms with van der Waals surface area (Å²) in [7, 11) is 0. The van der Waals surface area contributed by atoms with Gasteiger partial charge in [-0.05, 0) is 49.0 Å². The Hall–Kier alpha value is -1.46. The molecule has 0 saturated carbocycles. The molecule has 0 aliphatic carbocycles. The fraction of sp³-hybridized carbons (Fsp3) is 0.143. The summed E-state index contributed by atoms with van der Waals surface area (Å²) in [4.78, 5) is 4.10. The van der Waals surface area contributed by atoms with Gasteiger partial charge in [-0.15, -0.1) is 0 Å². The van der Waals surface area contributed by atoms with E-state index in [2.05, 4.69) is 31.5 Å². The SMILES string of the molecule is C[C@@H](NC(=S)Nc1cccc(Br)c1)c1cccnc1. The molecule has 1 aromatic heterocycles. The lowest BCUT2D eigenvalue weighted by Crippen LogP contribution is -2.30. The van der Waals surface area contributed by atoms with Gasteiger partial charge in [0.1, 0.15) is 0 Å². The average Bonchev–Trinajstić information content (AvgIpc) is 2.39. The van der Waals surface area contributed by atoms with Crippen molar-refractivity contribution in [3.63, 3.8) is 0 Å². The largest absolute Gasteiger partial charge is 0.356 e. The molecule has 0 bridgehead atoms. The van der Waals surface area contributed by atoms with Gasteiger partial charge >= 0.3 is 0 Å². The first kappa shape index (κ1) is 14.0. The lowest BCUT2D eigenvalue weighted by atomic mass is 10.1. The van der Waals surface area contributed by atoms with E-state index in [0.717, 1.165) is 15.7 Å². The summed E-state index contributed by atoms with van der Waals surface area (Å²) in [5.74, 6) is 0. The number of aromatic nitrogens is 1. The number of nitrogens with one attached hydrogen (secondary N) is 2. The second-order valence-electron chi connectivity index (χ2n) is 4.12. The van der Waals surface area contributed by atoms with E-state index in [9.17, 15) is 0 Å². The van der Waals surface area contributed by atoms with Gasteiger partial charge in [-0.1, -0.05) is 28.1 Å². The van der Waals surface area contributed by atoms with Crippen LogP contribution in [0.2, 0.25) is 0 Å². The summed E-state index contributed by atoms with van der Waals surface area (Å²) >= 11 is 8.73. The van der Waals surface area contributed by atoms with Crippen molar-refractivity contribution >= 4 is 38.9 Å². The maximum Gasteiger partial charge on any atom is 0.171 e. The van der Waals surface area contributed by atoms with Crippen LogP contribution >= 0.6 is 28.1 Å². The molecule has 2 rings (SSSR count). The molecule has 3 nitrogen and oxygen atoms in total. The summed E-state index contributed by atoms with van der Waals surface area (Å²) in [6, 6.07) is 11.9. The Balaban J connectivity index is 1.95. The van der Waals surface area contributed by atoms with Crippen molar-refractivity contribution in [3.8, 4) is 0 Å². The third-order valence-electron chi connectivity index (χ3n) is 2.61. The minimum atomic E-state index is 0.112. The normalized spacial score (nSPS) is 11.7. The summed E-state index contributed by atoms with van der Waals surface area (Å²) in [5, 5.41) is 6.97. The van der Waals surface area contributed by atoms with E-state index in [0.29, 0.717) is 5.11 Å². The second kappa shape index (κ2) is 6.63. The molecular weight excluding hydrogens is 322 g/mol. The highest BCUT2D eigenvalue weighted by Gasteiger charge is 2.06. The molecule has 1 heterocycles. The van der Waals surface area contributed by atoms with E-state index in [1.165, 1.54) is 0 Å². The molecule has 1 atom stereocenters. The van der Waals surface area contributed by atoms with Gasteiger partial charge in [-0.25, -0.2) is 0 Å². The van der Waals surface area contributed by atoms with Crippen molar-refractivity contribution in [2.24, 2.45) is 0 Å². The molecule has 0 fully saturated rings. The predicted molar refractivity (Wildman–Crippen MR) is 86.2 cm³/mol. The van der Waals surface area contributed by atoms with E-state index >= 15 is 0 Å². The van der Waals surface area contributed by atoms with E-state index < -0.39 is 0 Å². The maximum atomic E-state index is 5.30. The van der Waals surface area contributed by atoms with Gasteiger partial charge in [0.05, 0.1) is 6.04 Å². The first-order valence-corrected chi connectivity index (χ1v) is 7.08. The fourth-order valence-electron chi connectivity index (χ4n) is 1.65. The first-order valence-electron chi connectivity index (χ1n) is 5.88. The number of benzene rings is 1. The molecule has 0 amide bonds. The van der Waals surface area contributed by atoms with Crippen molar-refractivity contribution in [1.82, 2.24) is 10.3 Å². The molecule has 1 aromatic carbocycles. The first-order chi connectivity index (χ1) is 9.15. The maximum absolute atomic E-state index is 5.30. The number of thiocarbonyl (C=S) groups is 1. The Morgan fingerprint density at radius 1 is 1.32 bits per heavy atom. The Morgan fingerprint density at radius 2 is 2.16 bits per heavy atom. The third-order valence-corrected chi connectivity index (χ3v) is 3.33. The molecule has 0 unspecified atom stereocenters. The van der Waals surface area contributed by atoms with Crippen molar-refractivity contribution in [2.75, 3.05) is 5.32 Å². The van der Waals surface area contributed by atoms with Crippen LogP contribution in [0.1, 0.15) is 18.5 Å². The van der Waals surface area contributed by atoms with Crippen LogP contribution in [0.25, 0.3) is 0 Å². The van der Waals surface area contributed by atoms with Crippen LogP contribution in [0.4, 0.5) is 5.69 Å². The summed E-state index contributed by atoms with van der Waals surface area (Å²) in [6.07, 6.45) is 3.59.